The Morgan fingerprint density at radius 3 is 2.19 bits per heavy atom. The van der Waals surface area contributed by atoms with Gasteiger partial charge in [0, 0.05) is 32.1 Å². The molecule has 196 valence electrons. The van der Waals surface area contributed by atoms with Crippen molar-refractivity contribution in [3.8, 4) is 0 Å². The van der Waals surface area contributed by atoms with Gasteiger partial charge in [-0.25, -0.2) is 12.8 Å². The van der Waals surface area contributed by atoms with Crippen molar-refractivity contribution < 1.29 is 22.4 Å². The van der Waals surface area contributed by atoms with Crippen LogP contribution in [-0.4, -0.2) is 55.6 Å². The number of nitrogens with one attached hydrogen (secondary N) is 1. The highest BCUT2D eigenvalue weighted by atomic mass is 32.2. The van der Waals surface area contributed by atoms with Crippen LogP contribution in [0.2, 0.25) is 0 Å². The van der Waals surface area contributed by atoms with Crippen LogP contribution < -0.4 is 5.32 Å². The lowest BCUT2D eigenvalue weighted by Gasteiger charge is -2.32. The maximum absolute atomic E-state index is 14.6. The van der Waals surface area contributed by atoms with Crippen molar-refractivity contribution in [2.75, 3.05) is 20.1 Å². The fraction of sp³-hybridized carbons (Fsp3) is 0.286. The third kappa shape index (κ3) is 7.24. The maximum atomic E-state index is 14.6. The Bertz CT molecular complexity index is 1310. The van der Waals surface area contributed by atoms with E-state index in [2.05, 4.69) is 5.32 Å². The molecule has 0 unspecified atom stereocenters. The summed E-state index contributed by atoms with van der Waals surface area (Å²) in [6.07, 6.45) is 0.182. The topological polar surface area (TPSA) is 86.8 Å². The van der Waals surface area contributed by atoms with E-state index in [1.165, 1.54) is 36.2 Å². The number of rotatable bonds is 11. The van der Waals surface area contributed by atoms with Gasteiger partial charge in [0.2, 0.25) is 21.8 Å². The van der Waals surface area contributed by atoms with Gasteiger partial charge in [-0.15, -0.1) is 0 Å². The van der Waals surface area contributed by atoms with Crippen LogP contribution in [0, 0.1) is 12.7 Å². The SMILES string of the molecule is CCNC(=O)[C@H](Cc1ccccc1)N(Cc1ccccc1F)C(=O)CN(C)S(=O)(=O)c1ccc(C)cc1. The van der Waals surface area contributed by atoms with Crippen molar-refractivity contribution in [1.29, 1.82) is 0 Å². The van der Waals surface area contributed by atoms with Gasteiger partial charge in [-0.2, -0.15) is 4.31 Å². The van der Waals surface area contributed by atoms with E-state index in [1.54, 1.807) is 31.2 Å². The van der Waals surface area contributed by atoms with Crippen LogP contribution in [0.5, 0.6) is 0 Å². The lowest BCUT2D eigenvalue weighted by Crippen LogP contribution is -2.53. The molecule has 1 atom stereocenters. The number of carbonyl (C=O) groups is 2. The molecule has 0 aliphatic heterocycles. The van der Waals surface area contributed by atoms with Crippen molar-refractivity contribution in [2.45, 2.75) is 37.8 Å². The van der Waals surface area contributed by atoms with Crippen molar-refractivity contribution >= 4 is 21.8 Å². The first kappa shape index (κ1) is 28.0. The summed E-state index contributed by atoms with van der Waals surface area (Å²) in [4.78, 5) is 28.1. The number of nitrogens with zero attached hydrogens (tertiary/aromatic N) is 2. The molecule has 0 spiro atoms. The van der Waals surface area contributed by atoms with Gasteiger partial charge in [0.15, 0.2) is 0 Å². The van der Waals surface area contributed by atoms with Gasteiger partial charge >= 0.3 is 0 Å². The highest BCUT2D eigenvalue weighted by Crippen LogP contribution is 2.19. The molecule has 3 rings (SSSR count). The zero-order valence-corrected chi connectivity index (χ0v) is 22.0. The highest BCUT2D eigenvalue weighted by molar-refractivity contribution is 7.89. The van der Waals surface area contributed by atoms with Gasteiger partial charge in [-0.1, -0.05) is 66.2 Å². The molecule has 0 aliphatic rings. The second-order valence-corrected chi connectivity index (χ2v) is 10.8. The molecule has 9 heteroatoms. The molecule has 7 nitrogen and oxygen atoms in total. The van der Waals surface area contributed by atoms with Crippen LogP contribution in [0.25, 0.3) is 0 Å². The van der Waals surface area contributed by atoms with E-state index in [4.69, 9.17) is 0 Å². The van der Waals surface area contributed by atoms with Crippen LogP contribution in [0.1, 0.15) is 23.6 Å². The van der Waals surface area contributed by atoms with Crippen molar-refractivity contribution in [1.82, 2.24) is 14.5 Å². The minimum absolute atomic E-state index is 0.0543. The second-order valence-electron chi connectivity index (χ2n) is 8.79. The van der Waals surface area contributed by atoms with E-state index in [0.717, 1.165) is 15.4 Å². The van der Waals surface area contributed by atoms with E-state index in [0.29, 0.717) is 6.54 Å². The summed E-state index contributed by atoms with van der Waals surface area (Å²) in [5.74, 6) is -1.54. The van der Waals surface area contributed by atoms with E-state index in [9.17, 15) is 22.4 Å². The minimum Gasteiger partial charge on any atom is -0.355 e. The standard InChI is InChI=1S/C28H32FN3O4S/c1-4-30-28(34)26(18-22-10-6-5-7-11-22)32(19-23-12-8-9-13-25(23)29)27(33)20-31(3)37(35,36)24-16-14-21(2)15-17-24/h5-17,26H,4,18-20H2,1-3H3,(H,30,34)/t26-/m0/s1. The quantitative estimate of drug-likeness (QED) is 0.415. The molecule has 37 heavy (non-hydrogen) atoms. The van der Waals surface area contributed by atoms with Crippen LogP contribution in [0.15, 0.2) is 83.8 Å². The summed E-state index contributed by atoms with van der Waals surface area (Å²) < 4.78 is 41.8. The molecule has 0 bridgehead atoms. The molecule has 0 radical (unpaired) electrons. The van der Waals surface area contributed by atoms with E-state index in [1.807, 2.05) is 37.3 Å². The molecule has 1 N–H and O–H groups in total. The number of aryl methyl sites for hydroxylation is 1. The Morgan fingerprint density at radius 2 is 1.57 bits per heavy atom. The van der Waals surface area contributed by atoms with Crippen molar-refractivity contribution in [3.63, 3.8) is 0 Å². The number of halogens is 1. The molecule has 0 aromatic heterocycles. The number of benzene rings is 3. The van der Waals surface area contributed by atoms with Gasteiger partial charge < -0.3 is 10.2 Å². The largest absolute Gasteiger partial charge is 0.355 e. The molecule has 0 saturated carbocycles. The first-order valence-electron chi connectivity index (χ1n) is 12.0. The second kappa shape index (κ2) is 12.6. The zero-order chi connectivity index (χ0) is 27.0. The normalized spacial score (nSPS) is 12.2. The summed E-state index contributed by atoms with van der Waals surface area (Å²) in [6.45, 7) is 3.24. The molecule has 0 fully saturated rings. The zero-order valence-electron chi connectivity index (χ0n) is 21.2. The molecule has 0 heterocycles. The number of carbonyl (C=O) groups excluding carboxylic acids is 2. The molecule has 3 aromatic carbocycles. The molecule has 3 aromatic rings. The average Bonchev–Trinajstić information content (AvgIpc) is 2.88. The number of hydrogen-bond acceptors (Lipinski definition) is 4. The lowest BCUT2D eigenvalue weighted by molar-refractivity contribution is -0.141. The first-order chi connectivity index (χ1) is 17.6. The van der Waals surface area contributed by atoms with Crippen LogP contribution in [0.4, 0.5) is 4.39 Å². The maximum Gasteiger partial charge on any atom is 0.243 e. The Kier molecular flexibility index (Phi) is 9.54. The van der Waals surface area contributed by atoms with Gasteiger partial charge in [0.1, 0.15) is 11.9 Å². The van der Waals surface area contributed by atoms with Gasteiger partial charge in [-0.3, -0.25) is 9.59 Å². The van der Waals surface area contributed by atoms with Crippen LogP contribution in [0.3, 0.4) is 0 Å². The molecular weight excluding hydrogens is 493 g/mol. The highest BCUT2D eigenvalue weighted by Gasteiger charge is 2.33. The summed E-state index contributed by atoms with van der Waals surface area (Å²) in [5.41, 5.74) is 1.94. The van der Waals surface area contributed by atoms with Gasteiger partial charge in [-0.05, 0) is 37.6 Å². The third-order valence-electron chi connectivity index (χ3n) is 6.01. The predicted molar refractivity (Wildman–Crippen MR) is 141 cm³/mol. The fourth-order valence-electron chi connectivity index (χ4n) is 3.91. The Morgan fingerprint density at radius 1 is 0.946 bits per heavy atom. The van der Waals surface area contributed by atoms with Crippen molar-refractivity contribution in [2.24, 2.45) is 0 Å². The van der Waals surface area contributed by atoms with Gasteiger partial charge in [0.25, 0.3) is 0 Å². The van der Waals surface area contributed by atoms with Crippen LogP contribution in [-0.2, 0) is 32.6 Å². The summed E-state index contributed by atoms with van der Waals surface area (Å²) in [7, 11) is -2.66. The average molecular weight is 526 g/mol. The molecule has 2 amide bonds. The van der Waals surface area contributed by atoms with Crippen molar-refractivity contribution in [3.05, 3.63) is 101 Å². The number of likely N-dealkylation sites (N-methyl/N-ethyl adjacent to an activating group) is 2. The Hall–Kier alpha value is -3.56. The predicted octanol–water partition coefficient (Wildman–Crippen LogP) is 3.53. The monoisotopic (exact) mass is 525 g/mol. The smallest absolute Gasteiger partial charge is 0.243 e. The Balaban J connectivity index is 1.96. The number of hydrogen-bond donors (Lipinski definition) is 1. The molecule has 0 aliphatic carbocycles. The first-order valence-corrected chi connectivity index (χ1v) is 13.4. The van der Waals surface area contributed by atoms with E-state index in [-0.39, 0.29) is 23.4 Å². The van der Waals surface area contributed by atoms with E-state index < -0.39 is 40.2 Å². The fourth-order valence-corrected chi connectivity index (χ4v) is 5.03. The summed E-state index contributed by atoms with van der Waals surface area (Å²) >= 11 is 0. The summed E-state index contributed by atoms with van der Waals surface area (Å²) in [6, 6.07) is 20.5. The molecule has 0 saturated heterocycles. The lowest BCUT2D eigenvalue weighted by atomic mass is 10.0. The van der Waals surface area contributed by atoms with Gasteiger partial charge in [0.05, 0.1) is 11.4 Å². The van der Waals surface area contributed by atoms with Crippen LogP contribution >= 0.6 is 0 Å². The minimum atomic E-state index is -3.97. The summed E-state index contributed by atoms with van der Waals surface area (Å²) in [5, 5.41) is 2.76. The molecular formula is C28H32FN3O4S. The van der Waals surface area contributed by atoms with E-state index >= 15 is 0 Å². The number of sulfonamides is 1. The Labute approximate surface area is 218 Å². The third-order valence-corrected chi connectivity index (χ3v) is 7.83. The number of amides is 2.